The summed E-state index contributed by atoms with van der Waals surface area (Å²) < 4.78 is -0.429. The molecule has 80 valence electrons. The summed E-state index contributed by atoms with van der Waals surface area (Å²) in [5.41, 5.74) is 0. The lowest BCUT2D eigenvalue weighted by Gasteiger charge is -2.27. The van der Waals surface area contributed by atoms with Crippen LogP contribution in [0.5, 0.6) is 0 Å². The highest BCUT2D eigenvalue weighted by Crippen LogP contribution is 2.18. The van der Waals surface area contributed by atoms with Crippen LogP contribution in [0.3, 0.4) is 0 Å². The van der Waals surface area contributed by atoms with Crippen LogP contribution in [0, 0.1) is 5.92 Å². The number of hydrogen-bond donors (Lipinski definition) is 4. The van der Waals surface area contributed by atoms with Gasteiger partial charge in [-0.25, -0.2) is 0 Å². The highest BCUT2D eigenvalue weighted by Gasteiger charge is 2.30. The maximum Gasteiger partial charge on any atom is 0.0944 e. The second kappa shape index (κ2) is 6.13. The number of rotatable bonds is 5. The van der Waals surface area contributed by atoms with Crippen molar-refractivity contribution >= 4 is 22.6 Å². The quantitative estimate of drug-likeness (QED) is 0.409. The Balaban J connectivity index is 4.15. The van der Waals surface area contributed by atoms with Gasteiger partial charge in [0.05, 0.1) is 22.2 Å². The van der Waals surface area contributed by atoms with Crippen LogP contribution < -0.4 is 0 Å². The van der Waals surface area contributed by atoms with Gasteiger partial charge in [0.2, 0.25) is 0 Å². The van der Waals surface area contributed by atoms with Crippen molar-refractivity contribution in [3.8, 4) is 0 Å². The van der Waals surface area contributed by atoms with Crippen LogP contribution in [-0.2, 0) is 0 Å². The highest BCUT2D eigenvalue weighted by molar-refractivity contribution is 14.1. The van der Waals surface area contributed by atoms with Gasteiger partial charge in [0, 0.05) is 12.5 Å². The first-order chi connectivity index (χ1) is 5.91. The summed E-state index contributed by atoms with van der Waals surface area (Å²) in [5.74, 6) is -0.383. The summed E-state index contributed by atoms with van der Waals surface area (Å²) in [6.45, 7) is 3.01. The van der Waals surface area contributed by atoms with E-state index >= 15 is 0 Å². The van der Waals surface area contributed by atoms with Gasteiger partial charge in [-0.3, -0.25) is 0 Å². The third-order valence-corrected chi connectivity index (χ3v) is 3.79. The number of alkyl halides is 1. The Morgan fingerprint density at radius 1 is 1.08 bits per heavy atom. The highest BCUT2D eigenvalue weighted by atomic mass is 127. The molecule has 0 aromatic heterocycles. The molecule has 0 aliphatic carbocycles. The molecular formula is C8H17IO4. The molecule has 13 heavy (non-hydrogen) atoms. The van der Waals surface area contributed by atoms with E-state index in [0.29, 0.717) is 0 Å². The first kappa shape index (κ1) is 13.6. The van der Waals surface area contributed by atoms with Crippen molar-refractivity contribution in [2.75, 3.05) is 6.61 Å². The van der Waals surface area contributed by atoms with Crippen LogP contribution in [0.2, 0.25) is 0 Å². The summed E-state index contributed by atoms with van der Waals surface area (Å²) in [4.78, 5) is 0. The van der Waals surface area contributed by atoms with Gasteiger partial charge in [-0.15, -0.1) is 0 Å². The molecule has 0 aliphatic heterocycles. The second-order valence-corrected chi connectivity index (χ2v) is 4.76. The summed E-state index contributed by atoms with van der Waals surface area (Å²) in [6, 6.07) is 0. The molecule has 0 saturated carbocycles. The van der Waals surface area contributed by atoms with Crippen LogP contribution in [0.4, 0.5) is 0 Å². The van der Waals surface area contributed by atoms with E-state index in [0.717, 1.165) is 0 Å². The molecule has 0 spiro atoms. The fourth-order valence-corrected chi connectivity index (χ4v) is 1.34. The van der Waals surface area contributed by atoms with Gasteiger partial charge >= 0.3 is 0 Å². The molecule has 4 N–H and O–H groups in total. The third kappa shape index (κ3) is 4.07. The Kier molecular flexibility index (Phi) is 6.40. The van der Waals surface area contributed by atoms with Gasteiger partial charge in [0.1, 0.15) is 0 Å². The van der Waals surface area contributed by atoms with Gasteiger partial charge in [-0.1, -0.05) is 29.5 Å². The van der Waals surface area contributed by atoms with E-state index in [-0.39, 0.29) is 12.5 Å². The fourth-order valence-electron chi connectivity index (χ4n) is 0.918. The molecule has 0 heterocycles. The van der Waals surface area contributed by atoms with Crippen LogP contribution >= 0.6 is 22.6 Å². The summed E-state index contributed by atoms with van der Waals surface area (Å²) in [7, 11) is 0. The molecule has 3 unspecified atom stereocenters. The van der Waals surface area contributed by atoms with E-state index in [1.807, 2.05) is 22.6 Å². The van der Waals surface area contributed by atoms with Gasteiger partial charge in [0.25, 0.3) is 0 Å². The molecule has 0 bridgehead atoms. The zero-order valence-electron chi connectivity index (χ0n) is 7.76. The SMILES string of the molecule is CC(CO)[C@@H](O)C(O)C(I)[C@H](C)O. The molecule has 0 amide bonds. The van der Waals surface area contributed by atoms with E-state index < -0.39 is 22.2 Å². The minimum atomic E-state index is -1.01. The Hall–Kier alpha value is 0.570. The maximum atomic E-state index is 9.53. The molecule has 0 fully saturated rings. The monoisotopic (exact) mass is 304 g/mol. The van der Waals surface area contributed by atoms with Crippen LogP contribution in [0.15, 0.2) is 0 Å². The predicted octanol–water partition coefficient (Wildman–Crippen LogP) is -0.479. The van der Waals surface area contributed by atoms with E-state index in [1.54, 1.807) is 13.8 Å². The lowest BCUT2D eigenvalue weighted by Crippen LogP contribution is -2.43. The lowest BCUT2D eigenvalue weighted by atomic mass is 9.97. The molecule has 0 saturated heterocycles. The van der Waals surface area contributed by atoms with Crippen LogP contribution in [-0.4, -0.2) is 49.3 Å². The Morgan fingerprint density at radius 2 is 1.54 bits per heavy atom. The topological polar surface area (TPSA) is 80.9 Å². The normalized spacial score (nSPS) is 23.3. The Labute approximate surface area is 91.7 Å². The van der Waals surface area contributed by atoms with Crippen molar-refractivity contribution in [3.05, 3.63) is 0 Å². The first-order valence-electron chi connectivity index (χ1n) is 4.21. The molecule has 0 radical (unpaired) electrons. The van der Waals surface area contributed by atoms with Crippen molar-refractivity contribution in [3.63, 3.8) is 0 Å². The standard InChI is InChI=1S/C8H17IO4/c1-4(3-10)7(12)8(13)6(9)5(2)11/h4-8,10-13H,3H2,1-2H3/t4?,5-,6?,7+,8?/m0/s1. The van der Waals surface area contributed by atoms with E-state index in [9.17, 15) is 10.2 Å². The van der Waals surface area contributed by atoms with Crippen LogP contribution in [0.25, 0.3) is 0 Å². The first-order valence-corrected chi connectivity index (χ1v) is 5.45. The van der Waals surface area contributed by atoms with Crippen molar-refractivity contribution in [2.45, 2.75) is 36.1 Å². The zero-order chi connectivity index (χ0) is 10.6. The smallest absolute Gasteiger partial charge is 0.0944 e. The fraction of sp³-hybridized carbons (Fsp3) is 1.00. The third-order valence-electron chi connectivity index (χ3n) is 2.01. The summed E-state index contributed by atoms with van der Waals surface area (Å²) >= 11 is 1.88. The van der Waals surface area contributed by atoms with Crippen molar-refractivity contribution < 1.29 is 20.4 Å². The van der Waals surface area contributed by atoms with Crippen molar-refractivity contribution in [1.29, 1.82) is 0 Å². The van der Waals surface area contributed by atoms with Crippen molar-refractivity contribution in [1.82, 2.24) is 0 Å². The van der Waals surface area contributed by atoms with Crippen molar-refractivity contribution in [2.24, 2.45) is 5.92 Å². The minimum absolute atomic E-state index is 0.179. The van der Waals surface area contributed by atoms with Gasteiger partial charge in [-0.2, -0.15) is 0 Å². The van der Waals surface area contributed by atoms with E-state index in [1.165, 1.54) is 0 Å². The average molecular weight is 304 g/mol. The van der Waals surface area contributed by atoms with E-state index in [4.69, 9.17) is 10.2 Å². The average Bonchev–Trinajstić information content (AvgIpc) is 2.12. The molecule has 0 aliphatic rings. The number of aliphatic hydroxyl groups is 4. The second-order valence-electron chi connectivity index (χ2n) is 3.33. The number of halogens is 1. The van der Waals surface area contributed by atoms with E-state index in [2.05, 4.69) is 0 Å². The molecule has 0 rings (SSSR count). The summed E-state index contributed by atoms with van der Waals surface area (Å²) in [5, 5.41) is 36.9. The van der Waals surface area contributed by atoms with Gasteiger partial charge < -0.3 is 20.4 Å². The molecule has 5 heteroatoms. The molecule has 0 aromatic carbocycles. The molecule has 4 nitrogen and oxygen atoms in total. The number of hydrogen-bond acceptors (Lipinski definition) is 4. The number of aliphatic hydroxyl groups excluding tert-OH is 4. The molecule has 5 atom stereocenters. The largest absolute Gasteiger partial charge is 0.396 e. The Bertz CT molecular complexity index is 142. The minimum Gasteiger partial charge on any atom is -0.396 e. The zero-order valence-corrected chi connectivity index (χ0v) is 9.92. The molecular weight excluding hydrogens is 287 g/mol. The lowest BCUT2D eigenvalue weighted by molar-refractivity contribution is -0.0379. The molecule has 0 aromatic rings. The maximum absolute atomic E-state index is 9.53. The predicted molar refractivity (Wildman–Crippen MR) is 57.8 cm³/mol. The summed E-state index contributed by atoms with van der Waals surface area (Å²) in [6.07, 6.45) is -2.69. The Morgan fingerprint density at radius 3 is 1.85 bits per heavy atom. The van der Waals surface area contributed by atoms with Crippen LogP contribution in [0.1, 0.15) is 13.8 Å². The van der Waals surface area contributed by atoms with Gasteiger partial charge in [-0.05, 0) is 6.92 Å². The van der Waals surface area contributed by atoms with Gasteiger partial charge in [0.15, 0.2) is 0 Å².